The van der Waals surface area contributed by atoms with Crippen molar-refractivity contribution in [2.45, 2.75) is 0 Å². The molecule has 0 fully saturated rings. The molecule has 8 aromatic carbocycles. The van der Waals surface area contributed by atoms with Crippen molar-refractivity contribution in [1.82, 2.24) is 24.9 Å². The lowest BCUT2D eigenvalue weighted by Crippen LogP contribution is -2.15. The Kier molecular flexibility index (Phi) is 7.63. The van der Waals surface area contributed by atoms with Gasteiger partial charge in [-0.25, -0.2) is 15.0 Å². The van der Waals surface area contributed by atoms with Crippen molar-refractivity contribution in [3.05, 3.63) is 182 Å². The highest BCUT2D eigenvalue weighted by molar-refractivity contribution is 5.92. The molecular formula is C49H30N6O2. The third-order valence-corrected chi connectivity index (χ3v) is 10.2. The molecule has 0 aliphatic rings. The third kappa shape index (κ3) is 6.02. The van der Waals surface area contributed by atoms with Crippen LogP contribution in [0.3, 0.4) is 0 Å². The van der Waals surface area contributed by atoms with Crippen molar-refractivity contribution in [3.63, 3.8) is 0 Å². The fourth-order valence-electron chi connectivity index (χ4n) is 7.25. The summed E-state index contributed by atoms with van der Waals surface area (Å²) in [7, 11) is 0. The van der Waals surface area contributed by atoms with E-state index in [2.05, 4.69) is 89.8 Å². The fourth-order valence-corrected chi connectivity index (χ4v) is 7.25. The number of aromatic nitrogens is 5. The van der Waals surface area contributed by atoms with E-state index in [9.17, 15) is 0 Å². The van der Waals surface area contributed by atoms with Gasteiger partial charge in [-0.3, -0.25) is 4.90 Å². The van der Waals surface area contributed by atoms with Crippen LogP contribution < -0.4 is 4.90 Å². The first kappa shape index (κ1) is 32.5. The lowest BCUT2D eigenvalue weighted by Gasteiger charge is -2.25. The first-order valence-electron chi connectivity index (χ1n) is 18.7. The van der Waals surface area contributed by atoms with E-state index in [4.69, 9.17) is 33.8 Å². The van der Waals surface area contributed by atoms with Gasteiger partial charge in [0, 0.05) is 33.6 Å². The number of rotatable bonds is 7. The van der Waals surface area contributed by atoms with Crippen molar-refractivity contribution in [2.24, 2.45) is 0 Å². The van der Waals surface area contributed by atoms with Crippen LogP contribution in [0.2, 0.25) is 0 Å². The number of para-hydroxylation sites is 4. The zero-order valence-corrected chi connectivity index (χ0v) is 30.3. The highest BCUT2D eigenvalue weighted by Gasteiger charge is 2.21. The lowest BCUT2D eigenvalue weighted by molar-refractivity contribution is 0.619. The zero-order valence-electron chi connectivity index (χ0n) is 30.3. The van der Waals surface area contributed by atoms with Gasteiger partial charge < -0.3 is 8.83 Å². The molecule has 11 rings (SSSR count). The number of hydrogen-bond acceptors (Lipinski definition) is 8. The minimum atomic E-state index is 0.478. The summed E-state index contributed by atoms with van der Waals surface area (Å²) in [5, 5.41) is 4.52. The van der Waals surface area contributed by atoms with Gasteiger partial charge in [-0.15, -0.1) is 0 Å². The topological polar surface area (TPSA) is 94.0 Å². The molecule has 0 atom stereocenters. The highest BCUT2D eigenvalue weighted by Crippen LogP contribution is 2.38. The van der Waals surface area contributed by atoms with E-state index in [1.54, 1.807) is 0 Å². The average Bonchev–Trinajstić information content (AvgIpc) is 3.92. The summed E-state index contributed by atoms with van der Waals surface area (Å²) in [5.41, 5.74) is 8.30. The van der Waals surface area contributed by atoms with Gasteiger partial charge >= 0.3 is 0 Å². The summed E-state index contributed by atoms with van der Waals surface area (Å²) < 4.78 is 12.1. The molecule has 0 spiro atoms. The number of anilines is 3. The molecule has 0 saturated heterocycles. The van der Waals surface area contributed by atoms with Gasteiger partial charge in [-0.05, 0) is 94.3 Å². The van der Waals surface area contributed by atoms with Crippen LogP contribution in [0, 0.1) is 0 Å². The van der Waals surface area contributed by atoms with Crippen molar-refractivity contribution in [1.29, 1.82) is 0 Å². The summed E-state index contributed by atoms with van der Waals surface area (Å²) in [6.45, 7) is 0. The van der Waals surface area contributed by atoms with Crippen LogP contribution in [0.25, 0.3) is 89.4 Å². The standard InChI is InChI=1S/C49H30N6O2/c1-3-11-37-29-39(27-25-31(37)9-1)55(40-28-26-32-10-2-4-12-38(32)30-40)49-53-45(33-17-21-35(22-18-33)47-50-41-13-5-7-15-43(41)56-47)52-46(54-49)34-19-23-36(24-20-34)48-51-42-14-6-8-16-44(42)57-48/h1-30H. The van der Waals surface area contributed by atoms with Gasteiger partial charge in [0.1, 0.15) is 11.0 Å². The van der Waals surface area contributed by atoms with Crippen LogP contribution in [-0.2, 0) is 0 Å². The molecule has 8 nitrogen and oxygen atoms in total. The maximum Gasteiger partial charge on any atom is 0.238 e. The molecule has 8 heteroatoms. The monoisotopic (exact) mass is 734 g/mol. The lowest BCUT2D eigenvalue weighted by atomic mass is 10.1. The maximum absolute atomic E-state index is 6.07. The molecule has 57 heavy (non-hydrogen) atoms. The molecule has 0 unspecified atom stereocenters. The Morgan fingerprint density at radius 1 is 0.333 bits per heavy atom. The number of fused-ring (bicyclic) bond motifs is 4. The van der Waals surface area contributed by atoms with Crippen LogP contribution in [0.4, 0.5) is 17.3 Å². The first-order valence-corrected chi connectivity index (χ1v) is 18.7. The van der Waals surface area contributed by atoms with Gasteiger partial charge in [-0.2, -0.15) is 9.97 Å². The average molecular weight is 735 g/mol. The summed E-state index contributed by atoms with van der Waals surface area (Å²) >= 11 is 0. The van der Waals surface area contributed by atoms with E-state index in [1.807, 2.05) is 97.1 Å². The molecule has 0 radical (unpaired) electrons. The SMILES string of the molecule is c1ccc2cc(N(c3ccc4ccccc4c3)c3nc(-c4ccc(-c5nc6ccccc6o5)cc4)nc(-c4ccc(-c5nc6ccccc6o5)cc4)n3)ccc2c1. The second kappa shape index (κ2) is 13.4. The van der Waals surface area contributed by atoms with Gasteiger partial charge in [0.2, 0.25) is 17.7 Å². The fraction of sp³-hybridized carbons (Fsp3) is 0. The van der Waals surface area contributed by atoms with Crippen LogP contribution >= 0.6 is 0 Å². The maximum atomic E-state index is 6.07. The minimum absolute atomic E-state index is 0.478. The minimum Gasteiger partial charge on any atom is -0.436 e. The van der Waals surface area contributed by atoms with E-state index < -0.39 is 0 Å². The number of nitrogens with zero attached hydrogens (tertiary/aromatic N) is 6. The first-order chi connectivity index (χ1) is 28.2. The Labute approximate surface area is 326 Å². The molecular weight excluding hydrogens is 705 g/mol. The molecule has 0 N–H and O–H groups in total. The zero-order chi connectivity index (χ0) is 37.7. The summed E-state index contributed by atoms with van der Waals surface area (Å²) in [6.07, 6.45) is 0. The summed E-state index contributed by atoms with van der Waals surface area (Å²) in [5.74, 6) is 2.63. The molecule has 268 valence electrons. The van der Waals surface area contributed by atoms with Crippen molar-refractivity contribution in [2.75, 3.05) is 4.90 Å². The quantitative estimate of drug-likeness (QED) is 0.160. The molecule has 3 heterocycles. The van der Waals surface area contributed by atoms with E-state index in [-0.39, 0.29) is 0 Å². The van der Waals surface area contributed by atoms with E-state index in [1.165, 1.54) is 0 Å². The van der Waals surface area contributed by atoms with Gasteiger partial charge in [0.05, 0.1) is 0 Å². The largest absolute Gasteiger partial charge is 0.436 e. The van der Waals surface area contributed by atoms with Gasteiger partial charge in [0.25, 0.3) is 0 Å². The van der Waals surface area contributed by atoms with E-state index >= 15 is 0 Å². The second-order valence-corrected chi connectivity index (χ2v) is 13.8. The molecule has 0 amide bonds. The predicted molar refractivity (Wildman–Crippen MR) is 226 cm³/mol. The van der Waals surface area contributed by atoms with Gasteiger partial charge in [-0.1, -0.05) is 109 Å². The van der Waals surface area contributed by atoms with E-state index in [0.29, 0.717) is 29.4 Å². The Hall–Kier alpha value is -7.97. The van der Waals surface area contributed by atoms with Crippen LogP contribution in [0.15, 0.2) is 191 Å². The predicted octanol–water partition coefficient (Wildman–Crippen LogP) is 12.6. The molecule has 3 aromatic heterocycles. The van der Waals surface area contributed by atoms with Crippen molar-refractivity contribution in [3.8, 4) is 45.7 Å². The van der Waals surface area contributed by atoms with Gasteiger partial charge in [0.15, 0.2) is 22.8 Å². The molecule has 11 aromatic rings. The Bertz CT molecular complexity index is 2980. The van der Waals surface area contributed by atoms with E-state index in [0.717, 1.165) is 77.4 Å². The Morgan fingerprint density at radius 2 is 0.737 bits per heavy atom. The highest BCUT2D eigenvalue weighted by atomic mass is 16.4. The normalized spacial score (nSPS) is 11.5. The Morgan fingerprint density at radius 3 is 1.19 bits per heavy atom. The summed E-state index contributed by atoms with van der Waals surface area (Å²) in [6, 6.07) is 61.1. The molecule has 0 aliphatic carbocycles. The second-order valence-electron chi connectivity index (χ2n) is 13.8. The van der Waals surface area contributed by atoms with Crippen LogP contribution in [-0.4, -0.2) is 24.9 Å². The van der Waals surface area contributed by atoms with Crippen molar-refractivity contribution >= 4 is 61.1 Å². The smallest absolute Gasteiger partial charge is 0.238 e. The summed E-state index contributed by atoms with van der Waals surface area (Å²) in [4.78, 5) is 27.0. The van der Waals surface area contributed by atoms with Crippen LogP contribution in [0.5, 0.6) is 0 Å². The third-order valence-electron chi connectivity index (χ3n) is 10.2. The number of benzene rings is 8. The Balaban J connectivity index is 1.07. The van der Waals surface area contributed by atoms with Crippen LogP contribution in [0.1, 0.15) is 0 Å². The number of oxazole rings is 2. The molecule has 0 saturated carbocycles. The van der Waals surface area contributed by atoms with Crippen molar-refractivity contribution < 1.29 is 8.83 Å². The number of hydrogen-bond donors (Lipinski definition) is 0. The molecule has 0 bridgehead atoms. The molecule has 0 aliphatic heterocycles.